The number of aromatic nitrogens is 1. The zero-order valence-electron chi connectivity index (χ0n) is 22.1. The molecule has 0 saturated carbocycles. The van der Waals surface area contributed by atoms with E-state index in [0.717, 1.165) is 33.7 Å². The van der Waals surface area contributed by atoms with E-state index in [1.807, 2.05) is 91.9 Å². The predicted octanol–water partition coefficient (Wildman–Crippen LogP) is 6.83. The fourth-order valence-corrected chi connectivity index (χ4v) is 4.81. The summed E-state index contributed by atoms with van der Waals surface area (Å²) in [5.74, 6) is 2.02. The molecule has 0 fully saturated rings. The van der Waals surface area contributed by atoms with Crippen molar-refractivity contribution < 1.29 is 23.5 Å². The molecule has 1 aromatic heterocycles. The minimum absolute atomic E-state index is 0.0888. The van der Waals surface area contributed by atoms with E-state index in [2.05, 4.69) is 4.98 Å². The molecule has 0 aliphatic carbocycles. The Kier molecular flexibility index (Phi) is 8.62. The lowest BCUT2D eigenvalue weighted by atomic mass is 9.94. The Labute approximate surface area is 238 Å². The Hall–Kier alpha value is -4.36. The van der Waals surface area contributed by atoms with E-state index in [9.17, 15) is 9.59 Å². The van der Waals surface area contributed by atoms with E-state index in [4.69, 9.17) is 25.5 Å². The van der Waals surface area contributed by atoms with Crippen molar-refractivity contribution in [2.75, 3.05) is 19.7 Å². The van der Waals surface area contributed by atoms with Gasteiger partial charge in [0.1, 0.15) is 18.1 Å². The molecule has 7 nitrogen and oxygen atoms in total. The predicted molar refractivity (Wildman–Crippen MR) is 153 cm³/mol. The average Bonchev–Trinajstić information content (AvgIpc) is 3.37. The lowest BCUT2D eigenvalue weighted by Crippen LogP contribution is -2.38. The second-order valence-corrected chi connectivity index (χ2v) is 9.80. The molecule has 0 spiro atoms. The molecule has 0 saturated heterocycles. The highest BCUT2D eigenvalue weighted by Gasteiger charge is 2.28. The lowest BCUT2D eigenvalue weighted by molar-refractivity contribution is -0.108. The van der Waals surface area contributed by atoms with Crippen LogP contribution in [0, 0.1) is 6.92 Å². The first kappa shape index (κ1) is 27.2. The molecular formula is C32H29ClN2O5. The number of rotatable bonds is 9. The molecule has 2 heterocycles. The summed E-state index contributed by atoms with van der Waals surface area (Å²) in [5.41, 5.74) is 4.69. The number of ether oxygens (including phenoxy) is 2. The third-order valence-corrected chi connectivity index (χ3v) is 6.98. The summed E-state index contributed by atoms with van der Waals surface area (Å²) in [4.78, 5) is 31.2. The van der Waals surface area contributed by atoms with Crippen molar-refractivity contribution in [1.82, 2.24) is 9.88 Å². The topological polar surface area (TPSA) is 81.9 Å². The molecular weight excluding hydrogens is 528 g/mol. The van der Waals surface area contributed by atoms with Crippen molar-refractivity contribution in [3.05, 3.63) is 113 Å². The minimum Gasteiger partial charge on any atom is -0.493 e. The van der Waals surface area contributed by atoms with E-state index >= 15 is 0 Å². The van der Waals surface area contributed by atoms with Gasteiger partial charge in [0.05, 0.1) is 18.8 Å². The molecule has 204 valence electrons. The van der Waals surface area contributed by atoms with Crippen molar-refractivity contribution in [3.63, 3.8) is 0 Å². The monoisotopic (exact) mass is 556 g/mol. The number of benzene rings is 3. The van der Waals surface area contributed by atoms with Crippen LogP contribution in [0.2, 0.25) is 0 Å². The zero-order chi connectivity index (χ0) is 27.9. The van der Waals surface area contributed by atoms with Gasteiger partial charge in [-0.05, 0) is 65.9 Å². The quantitative estimate of drug-likeness (QED) is 0.210. The Morgan fingerprint density at radius 1 is 0.975 bits per heavy atom. The number of hydrogen-bond acceptors (Lipinski definition) is 6. The molecule has 3 aromatic carbocycles. The van der Waals surface area contributed by atoms with Gasteiger partial charge in [0.2, 0.25) is 11.1 Å². The molecule has 0 unspecified atom stereocenters. The van der Waals surface area contributed by atoms with Crippen molar-refractivity contribution in [1.29, 1.82) is 0 Å². The molecule has 1 aliphatic heterocycles. The third-order valence-electron chi connectivity index (χ3n) is 6.75. The van der Waals surface area contributed by atoms with Crippen LogP contribution in [-0.4, -0.2) is 40.9 Å². The average molecular weight is 557 g/mol. The first-order chi connectivity index (χ1) is 19.5. The highest BCUT2D eigenvalue weighted by molar-refractivity contribution is 6.68. The number of amides is 1. The van der Waals surface area contributed by atoms with Gasteiger partial charge in [-0.15, -0.1) is 0 Å². The summed E-state index contributed by atoms with van der Waals surface area (Å²) in [5, 5.41) is -0.586. The maximum Gasteiger partial charge on any atom is 0.410 e. The van der Waals surface area contributed by atoms with Gasteiger partial charge < -0.3 is 18.8 Å². The first-order valence-corrected chi connectivity index (χ1v) is 13.5. The Bertz CT molecular complexity index is 1510. The molecule has 40 heavy (non-hydrogen) atoms. The number of oxazole rings is 1. The summed E-state index contributed by atoms with van der Waals surface area (Å²) in [6.45, 7) is 2.98. The van der Waals surface area contributed by atoms with Gasteiger partial charge >= 0.3 is 6.09 Å². The van der Waals surface area contributed by atoms with E-state index in [0.29, 0.717) is 43.2 Å². The smallest absolute Gasteiger partial charge is 0.410 e. The molecule has 8 heteroatoms. The number of carbonyl (C=O) groups excluding carboxylic acids is 2. The van der Waals surface area contributed by atoms with Gasteiger partial charge in [-0.1, -0.05) is 60.7 Å². The van der Waals surface area contributed by atoms with Gasteiger partial charge in [0.15, 0.2) is 0 Å². The van der Waals surface area contributed by atoms with Crippen LogP contribution in [0.1, 0.15) is 29.0 Å². The summed E-state index contributed by atoms with van der Waals surface area (Å²) < 4.78 is 17.3. The number of aryl methyl sites for hydroxylation is 1. The van der Waals surface area contributed by atoms with Crippen LogP contribution in [0.3, 0.4) is 0 Å². The molecule has 0 N–H and O–H groups in total. The SMILES string of the molecule is Cc1oc(-c2ccccc2)nc1CCOc1cccc(C2=C(C(=O)Cl)CN(C(=O)OCc3ccccc3)CC2)c1. The lowest BCUT2D eigenvalue weighted by Gasteiger charge is -2.29. The molecule has 0 atom stereocenters. The van der Waals surface area contributed by atoms with Crippen molar-refractivity contribution in [2.24, 2.45) is 0 Å². The summed E-state index contributed by atoms with van der Waals surface area (Å²) >= 11 is 5.97. The van der Waals surface area contributed by atoms with Gasteiger partial charge in [0, 0.05) is 24.1 Å². The number of carbonyl (C=O) groups is 2. The Morgan fingerprint density at radius 3 is 2.45 bits per heavy atom. The summed E-state index contributed by atoms with van der Waals surface area (Å²) in [7, 11) is 0. The van der Waals surface area contributed by atoms with Crippen LogP contribution in [0.4, 0.5) is 4.79 Å². The molecule has 4 aromatic rings. The molecule has 0 radical (unpaired) electrons. The molecule has 1 amide bonds. The van der Waals surface area contributed by atoms with E-state index in [1.165, 1.54) is 4.90 Å². The second kappa shape index (κ2) is 12.7. The number of halogens is 1. The fourth-order valence-electron chi connectivity index (χ4n) is 4.63. The number of nitrogens with zero attached hydrogens (tertiary/aromatic N) is 2. The molecule has 1 aliphatic rings. The van der Waals surface area contributed by atoms with Crippen molar-refractivity contribution in [2.45, 2.75) is 26.4 Å². The van der Waals surface area contributed by atoms with Crippen molar-refractivity contribution in [3.8, 4) is 17.2 Å². The molecule has 0 bridgehead atoms. The zero-order valence-corrected chi connectivity index (χ0v) is 22.9. The van der Waals surface area contributed by atoms with Crippen molar-refractivity contribution >= 4 is 28.5 Å². The normalized spacial score (nSPS) is 13.3. The van der Waals surface area contributed by atoms with Crippen LogP contribution in [0.25, 0.3) is 17.0 Å². The number of hydrogen-bond donors (Lipinski definition) is 0. The van der Waals surface area contributed by atoms with Gasteiger partial charge in [0.25, 0.3) is 0 Å². The van der Waals surface area contributed by atoms with Gasteiger partial charge in [-0.25, -0.2) is 9.78 Å². The Morgan fingerprint density at radius 2 is 1.70 bits per heavy atom. The summed E-state index contributed by atoms with van der Waals surface area (Å²) in [6.07, 6.45) is 0.576. The van der Waals surface area contributed by atoms with Gasteiger partial charge in [-0.2, -0.15) is 0 Å². The third kappa shape index (κ3) is 6.61. The van der Waals surface area contributed by atoms with Crippen LogP contribution < -0.4 is 4.74 Å². The van der Waals surface area contributed by atoms with E-state index in [1.54, 1.807) is 0 Å². The highest BCUT2D eigenvalue weighted by atomic mass is 35.5. The van der Waals surface area contributed by atoms with Gasteiger partial charge in [-0.3, -0.25) is 4.79 Å². The van der Waals surface area contributed by atoms with E-state index in [-0.39, 0.29) is 13.2 Å². The first-order valence-electron chi connectivity index (χ1n) is 13.1. The second-order valence-electron chi connectivity index (χ2n) is 9.46. The highest BCUT2D eigenvalue weighted by Crippen LogP contribution is 2.31. The Balaban J connectivity index is 1.22. The van der Waals surface area contributed by atoms with E-state index < -0.39 is 11.3 Å². The molecule has 5 rings (SSSR count). The minimum atomic E-state index is -0.586. The largest absolute Gasteiger partial charge is 0.493 e. The maximum absolute atomic E-state index is 12.7. The van der Waals surface area contributed by atoms with Crippen LogP contribution in [0.15, 0.2) is 94.9 Å². The van der Waals surface area contributed by atoms with Crippen LogP contribution in [0.5, 0.6) is 5.75 Å². The fraction of sp³-hybridized carbons (Fsp3) is 0.219. The summed E-state index contributed by atoms with van der Waals surface area (Å²) in [6, 6.07) is 26.8. The maximum atomic E-state index is 12.7. The standard InChI is InChI=1S/C32H29ClN2O5/c1-22-29(34-31(40-22)24-11-6-3-7-12-24)16-18-38-26-14-8-13-25(19-26)27-15-17-35(20-28(27)30(33)36)32(37)39-21-23-9-4-2-5-10-23/h2-14,19H,15-18,20-21H2,1H3. The van der Waals surface area contributed by atoms with Crippen LogP contribution in [-0.2, 0) is 22.6 Å². The van der Waals surface area contributed by atoms with Crippen LogP contribution >= 0.6 is 11.6 Å².